The molecular formula is C21H22N4O3. The van der Waals surface area contributed by atoms with Crippen molar-refractivity contribution in [3.63, 3.8) is 0 Å². The number of aryl methyl sites for hydroxylation is 2. The number of rotatable bonds is 3. The lowest BCUT2D eigenvalue weighted by Crippen LogP contribution is -2.31. The normalized spacial score (nSPS) is 16.5. The first-order valence-corrected chi connectivity index (χ1v) is 9.36. The summed E-state index contributed by atoms with van der Waals surface area (Å²) in [5.74, 6) is -0.269. The van der Waals surface area contributed by atoms with E-state index in [9.17, 15) is 9.59 Å². The summed E-state index contributed by atoms with van der Waals surface area (Å²) in [7, 11) is 1.58. The minimum absolute atomic E-state index is 0.0415. The number of carbonyl (C=O) groups excluding carboxylic acids is 2. The van der Waals surface area contributed by atoms with Gasteiger partial charge in [0.25, 0.3) is 17.5 Å². The van der Waals surface area contributed by atoms with Crippen molar-refractivity contribution in [2.75, 3.05) is 13.6 Å². The van der Waals surface area contributed by atoms with Crippen LogP contribution in [0.15, 0.2) is 34.9 Å². The molecule has 0 aliphatic carbocycles. The number of aromatic nitrogens is 2. The number of hydrogen-bond donors (Lipinski definition) is 1. The van der Waals surface area contributed by atoms with Crippen molar-refractivity contribution in [3.05, 3.63) is 58.4 Å². The van der Waals surface area contributed by atoms with Gasteiger partial charge in [0, 0.05) is 24.8 Å². The predicted octanol–water partition coefficient (Wildman–Crippen LogP) is 3.18. The summed E-state index contributed by atoms with van der Waals surface area (Å²) in [6.45, 7) is 4.43. The molecule has 28 heavy (non-hydrogen) atoms. The van der Waals surface area contributed by atoms with Crippen molar-refractivity contribution < 1.29 is 14.1 Å². The van der Waals surface area contributed by atoms with Gasteiger partial charge in [-0.3, -0.25) is 9.59 Å². The van der Waals surface area contributed by atoms with Crippen LogP contribution in [0.3, 0.4) is 0 Å². The molecule has 0 spiro atoms. The van der Waals surface area contributed by atoms with Crippen LogP contribution in [0.4, 0.5) is 0 Å². The molecule has 0 bridgehead atoms. The highest BCUT2D eigenvalue weighted by molar-refractivity contribution is 6.06. The zero-order valence-electron chi connectivity index (χ0n) is 16.2. The van der Waals surface area contributed by atoms with Crippen LogP contribution in [-0.2, 0) is 0 Å². The summed E-state index contributed by atoms with van der Waals surface area (Å²) in [5, 5.41) is 7.46. The van der Waals surface area contributed by atoms with Gasteiger partial charge in [-0.1, -0.05) is 22.9 Å². The van der Waals surface area contributed by atoms with Crippen molar-refractivity contribution in [1.29, 1.82) is 0 Å². The molecule has 3 aromatic rings. The van der Waals surface area contributed by atoms with E-state index in [-0.39, 0.29) is 17.9 Å². The largest absolute Gasteiger partial charge is 0.355 e. The van der Waals surface area contributed by atoms with Crippen LogP contribution in [0.5, 0.6) is 0 Å². The minimum Gasteiger partial charge on any atom is -0.355 e. The molecule has 1 aromatic carbocycles. The second kappa shape index (κ2) is 7.07. The highest BCUT2D eigenvalue weighted by Gasteiger charge is 2.35. The molecule has 1 atom stereocenters. The zero-order chi connectivity index (χ0) is 19.8. The van der Waals surface area contributed by atoms with Gasteiger partial charge in [-0.15, -0.1) is 0 Å². The molecule has 2 aromatic heterocycles. The zero-order valence-corrected chi connectivity index (χ0v) is 16.2. The number of carbonyl (C=O) groups is 2. The predicted molar refractivity (Wildman–Crippen MR) is 104 cm³/mol. The van der Waals surface area contributed by atoms with Crippen molar-refractivity contribution in [2.24, 2.45) is 0 Å². The summed E-state index contributed by atoms with van der Waals surface area (Å²) < 4.78 is 5.45. The topological polar surface area (TPSA) is 88.3 Å². The molecule has 1 saturated heterocycles. The van der Waals surface area contributed by atoms with Crippen molar-refractivity contribution in [3.8, 4) is 0 Å². The van der Waals surface area contributed by atoms with Crippen LogP contribution in [0, 0.1) is 13.8 Å². The Labute approximate surface area is 162 Å². The number of likely N-dealkylation sites (tertiary alicyclic amines) is 1. The van der Waals surface area contributed by atoms with E-state index >= 15 is 0 Å². The van der Waals surface area contributed by atoms with Gasteiger partial charge in [-0.2, -0.15) is 0 Å². The van der Waals surface area contributed by atoms with Crippen LogP contribution in [0.2, 0.25) is 0 Å². The van der Waals surface area contributed by atoms with E-state index in [2.05, 4.69) is 15.5 Å². The standard InChI is InChI=1S/C21H22N4O3/c1-12-6-8-14(9-7-12)21(27)25-10-4-5-16(25)18-17-15(19(26)22-3)11-13(2)23-20(17)28-24-18/h6-9,11,16H,4-5,10H2,1-3H3,(H,22,26). The summed E-state index contributed by atoms with van der Waals surface area (Å²) in [5.41, 5.74) is 3.81. The van der Waals surface area contributed by atoms with Crippen LogP contribution >= 0.6 is 0 Å². The van der Waals surface area contributed by atoms with E-state index in [1.54, 1.807) is 20.0 Å². The van der Waals surface area contributed by atoms with Gasteiger partial charge in [-0.05, 0) is 44.9 Å². The monoisotopic (exact) mass is 378 g/mol. The maximum absolute atomic E-state index is 13.1. The molecule has 0 saturated carbocycles. The Balaban J connectivity index is 1.77. The lowest BCUT2D eigenvalue weighted by Gasteiger charge is -2.23. The van der Waals surface area contributed by atoms with Crippen LogP contribution < -0.4 is 5.32 Å². The van der Waals surface area contributed by atoms with E-state index < -0.39 is 0 Å². The SMILES string of the molecule is CNC(=O)c1cc(C)nc2onc(C3CCCN3C(=O)c3ccc(C)cc3)c12. The van der Waals surface area contributed by atoms with Gasteiger partial charge < -0.3 is 14.7 Å². The molecule has 144 valence electrons. The lowest BCUT2D eigenvalue weighted by molar-refractivity contribution is 0.0731. The van der Waals surface area contributed by atoms with E-state index in [1.165, 1.54) is 0 Å². The van der Waals surface area contributed by atoms with E-state index in [0.717, 1.165) is 18.4 Å². The molecule has 7 nitrogen and oxygen atoms in total. The third-order valence-corrected chi connectivity index (χ3v) is 5.20. The van der Waals surface area contributed by atoms with Gasteiger partial charge in [0.1, 0.15) is 5.69 Å². The summed E-state index contributed by atoms with van der Waals surface area (Å²) >= 11 is 0. The average Bonchev–Trinajstić information content (AvgIpc) is 3.33. The summed E-state index contributed by atoms with van der Waals surface area (Å²) in [4.78, 5) is 31.7. The molecule has 1 aliphatic rings. The maximum atomic E-state index is 13.1. The van der Waals surface area contributed by atoms with E-state index in [0.29, 0.717) is 40.2 Å². The third kappa shape index (κ3) is 3.02. The first-order chi connectivity index (χ1) is 13.5. The van der Waals surface area contributed by atoms with Gasteiger partial charge in [-0.25, -0.2) is 4.98 Å². The maximum Gasteiger partial charge on any atom is 0.259 e. The highest BCUT2D eigenvalue weighted by Crippen LogP contribution is 2.37. The second-order valence-corrected chi connectivity index (χ2v) is 7.16. The van der Waals surface area contributed by atoms with Crippen molar-refractivity contribution in [2.45, 2.75) is 32.7 Å². The van der Waals surface area contributed by atoms with Crippen molar-refractivity contribution >= 4 is 22.9 Å². The number of fused-ring (bicyclic) bond motifs is 1. The number of nitrogens with one attached hydrogen (secondary N) is 1. The van der Waals surface area contributed by atoms with Gasteiger partial charge in [0.2, 0.25) is 0 Å². The van der Waals surface area contributed by atoms with Crippen LogP contribution in [0.25, 0.3) is 11.1 Å². The molecule has 1 aliphatic heterocycles. The van der Waals surface area contributed by atoms with Crippen molar-refractivity contribution in [1.82, 2.24) is 20.4 Å². The lowest BCUT2D eigenvalue weighted by atomic mass is 10.0. The number of hydrogen-bond acceptors (Lipinski definition) is 5. The molecule has 1 N–H and O–H groups in total. The summed E-state index contributed by atoms with van der Waals surface area (Å²) in [6.07, 6.45) is 1.63. The Morgan fingerprint density at radius 3 is 2.68 bits per heavy atom. The molecule has 0 radical (unpaired) electrons. The number of amides is 2. The van der Waals surface area contributed by atoms with Gasteiger partial charge in [0.15, 0.2) is 0 Å². The van der Waals surface area contributed by atoms with E-state index in [1.807, 2.05) is 36.1 Å². The van der Waals surface area contributed by atoms with Crippen LogP contribution in [0.1, 0.15) is 56.6 Å². The first kappa shape index (κ1) is 18.2. The molecule has 2 amide bonds. The number of benzene rings is 1. The smallest absolute Gasteiger partial charge is 0.259 e. The Hall–Kier alpha value is -3.22. The fourth-order valence-electron chi connectivity index (χ4n) is 3.79. The number of pyridine rings is 1. The Morgan fingerprint density at radius 1 is 1.21 bits per heavy atom. The van der Waals surface area contributed by atoms with Gasteiger partial charge in [0.05, 0.1) is 17.0 Å². The molecule has 1 unspecified atom stereocenters. The molecule has 1 fully saturated rings. The highest BCUT2D eigenvalue weighted by atomic mass is 16.5. The number of nitrogens with zero attached hydrogens (tertiary/aromatic N) is 3. The fourth-order valence-corrected chi connectivity index (χ4v) is 3.79. The van der Waals surface area contributed by atoms with Gasteiger partial charge >= 0.3 is 0 Å². The van der Waals surface area contributed by atoms with E-state index in [4.69, 9.17) is 4.52 Å². The Kier molecular flexibility index (Phi) is 4.58. The quantitative estimate of drug-likeness (QED) is 0.756. The minimum atomic E-state index is -0.247. The second-order valence-electron chi connectivity index (χ2n) is 7.16. The Morgan fingerprint density at radius 2 is 1.96 bits per heavy atom. The fraction of sp³-hybridized carbons (Fsp3) is 0.333. The average molecular weight is 378 g/mol. The molecular weight excluding hydrogens is 356 g/mol. The molecule has 3 heterocycles. The Bertz CT molecular complexity index is 1060. The molecule has 4 rings (SSSR count). The van der Waals surface area contributed by atoms with Crippen LogP contribution in [-0.4, -0.2) is 40.4 Å². The molecule has 7 heteroatoms. The first-order valence-electron chi connectivity index (χ1n) is 9.36. The third-order valence-electron chi connectivity index (χ3n) is 5.20. The summed E-state index contributed by atoms with van der Waals surface area (Å²) in [6, 6.07) is 9.02.